The van der Waals surface area contributed by atoms with Crippen LogP contribution in [0.4, 0.5) is 5.69 Å². The highest BCUT2D eigenvalue weighted by Crippen LogP contribution is 2.30. The van der Waals surface area contributed by atoms with Crippen molar-refractivity contribution >= 4 is 37.5 Å². The van der Waals surface area contributed by atoms with E-state index in [9.17, 15) is 13.2 Å². The molecule has 2 N–H and O–H groups in total. The van der Waals surface area contributed by atoms with Gasteiger partial charge in [0.15, 0.2) is 0 Å². The van der Waals surface area contributed by atoms with Crippen LogP contribution in [0.15, 0.2) is 51.8 Å². The van der Waals surface area contributed by atoms with Gasteiger partial charge < -0.3 is 5.32 Å². The SMILES string of the molecule is Cc1cc(S(=O)(=O)NCc2ccc(NC(=O)C3CC3)cc2)ccc1Br. The molecule has 25 heavy (non-hydrogen) atoms. The number of carbonyl (C=O) groups is 1. The zero-order chi connectivity index (χ0) is 18.0. The van der Waals surface area contributed by atoms with Crippen LogP contribution in [-0.2, 0) is 21.4 Å². The Kier molecular flexibility index (Phi) is 5.27. The lowest BCUT2D eigenvalue weighted by atomic mass is 10.2. The lowest BCUT2D eigenvalue weighted by molar-refractivity contribution is -0.117. The second kappa shape index (κ2) is 7.27. The summed E-state index contributed by atoms with van der Waals surface area (Å²) in [5.74, 6) is 0.208. The van der Waals surface area contributed by atoms with E-state index in [1.807, 2.05) is 6.92 Å². The standard InChI is InChI=1S/C18H19BrN2O3S/c1-12-10-16(8-9-17(12)19)25(23,24)20-11-13-2-6-15(7-3-13)21-18(22)14-4-5-14/h2-3,6-10,14,20H,4-5,11H2,1H3,(H,21,22). The number of benzene rings is 2. The van der Waals surface area contributed by atoms with E-state index in [0.29, 0.717) is 0 Å². The molecule has 0 atom stereocenters. The summed E-state index contributed by atoms with van der Waals surface area (Å²) in [6, 6.07) is 12.1. The van der Waals surface area contributed by atoms with Gasteiger partial charge in [0.05, 0.1) is 4.90 Å². The summed E-state index contributed by atoms with van der Waals surface area (Å²) in [5.41, 5.74) is 2.41. The quantitative estimate of drug-likeness (QED) is 0.746. The summed E-state index contributed by atoms with van der Waals surface area (Å²) in [7, 11) is -3.57. The summed E-state index contributed by atoms with van der Waals surface area (Å²) >= 11 is 3.36. The molecule has 7 heteroatoms. The zero-order valence-electron chi connectivity index (χ0n) is 13.8. The summed E-state index contributed by atoms with van der Waals surface area (Å²) in [5, 5.41) is 2.86. The molecule has 2 aromatic rings. The van der Waals surface area contributed by atoms with E-state index in [1.165, 1.54) is 0 Å². The van der Waals surface area contributed by atoms with Crippen molar-refractivity contribution in [1.82, 2.24) is 4.72 Å². The maximum Gasteiger partial charge on any atom is 0.240 e. The minimum absolute atomic E-state index is 0.0547. The van der Waals surface area contributed by atoms with Gasteiger partial charge in [0.1, 0.15) is 0 Å². The highest BCUT2D eigenvalue weighted by Gasteiger charge is 2.29. The van der Waals surface area contributed by atoms with Crippen LogP contribution in [-0.4, -0.2) is 14.3 Å². The van der Waals surface area contributed by atoms with Crippen molar-refractivity contribution in [3.05, 3.63) is 58.1 Å². The fraction of sp³-hybridized carbons (Fsp3) is 0.278. The molecule has 1 fully saturated rings. The van der Waals surface area contributed by atoms with Gasteiger partial charge in [-0.05, 0) is 61.2 Å². The van der Waals surface area contributed by atoms with Gasteiger partial charge in [0.25, 0.3) is 0 Å². The lowest BCUT2D eigenvalue weighted by Crippen LogP contribution is -2.23. The van der Waals surface area contributed by atoms with Crippen molar-refractivity contribution in [1.29, 1.82) is 0 Å². The van der Waals surface area contributed by atoms with Crippen molar-refractivity contribution in [2.24, 2.45) is 5.92 Å². The highest BCUT2D eigenvalue weighted by atomic mass is 79.9. The average Bonchev–Trinajstić information content (AvgIpc) is 3.42. The van der Waals surface area contributed by atoms with E-state index in [0.717, 1.165) is 34.1 Å². The maximum absolute atomic E-state index is 12.4. The van der Waals surface area contributed by atoms with E-state index >= 15 is 0 Å². The number of amides is 1. The number of carbonyl (C=O) groups excluding carboxylic acids is 1. The molecule has 1 amide bonds. The van der Waals surface area contributed by atoms with Gasteiger partial charge in [0.2, 0.25) is 15.9 Å². The number of rotatable bonds is 6. The predicted molar refractivity (Wildman–Crippen MR) is 101 cm³/mol. The molecular formula is C18H19BrN2O3S. The number of halogens is 1. The van der Waals surface area contributed by atoms with E-state index in [4.69, 9.17) is 0 Å². The van der Waals surface area contributed by atoms with E-state index in [1.54, 1.807) is 42.5 Å². The maximum atomic E-state index is 12.4. The van der Waals surface area contributed by atoms with E-state index in [-0.39, 0.29) is 23.3 Å². The molecule has 1 aliphatic carbocycles. The zero-order valence-corrected chi connectivity index (χ0v) is 16.2. The molecule has 0 bridgehead atoms. The second-order valence-electron chi connectivity index (χ2n) is 6.20. The Morgan fingerprint density at radius 3 is 2.44 bits per heavy atom. The number of aryl methyl sites for hydroxylation is 1. The summed E-state index contributed by atoms with van der Waals surface area (Å²) in [4.78, 5) is 12.0. The van der Waals surface area contributed by atoms with Gasteiger partial charge in [-0.3, -0.25) is 4.79 Å². The fourth-order valence-corrected chi connectivity index (χ4v) is 3.69. The van der Waals surface area contributed by atoms with Crippen LogP contribution >= 0.6 is 15.9 Å². The van der Waals surface area contributed by atoms with Crippen molar-refractivity contribution in [3.8, 4) is 0 Å². The average molecular weight is 423 g/mol. The normalized spacial score (nSPS) is 14.3. The van der Waals surface area contributed by atoms with E-state index < -0.39 is 10.0 Å². The molecule has 132 valence electrons. The number of hydrogen-bond acceptors (Lipinski definition) is 3. The third kappa shape index (κ3) is 4.68. The van der Waals surface area contributed by atoms with Gasteiger partial charge in [0, 0.05) is 22.6 Å². The first-order valence-corrected chi connectivity index (χ1v) is 10.3. The summed E-state index contributed by atoms with van der Waals surface area (Å²) < 4.78 is 28.2. The Balaban J connectivity index is 1.62. The van der Waals surface area contributed by atoms with Gasteiger partial charge in [-0.15, -0.1) is 0 Å². The van der Waals surface area contributed by atoms with Crippen LogP contribution in [0.1, 0.15) is 24.0 Å². The molecule has 0 saturated heterocycles. The number of nitrogens with one attached hydrogen (secondary N) is 2. The summed E-state index contributed by atoms with van der Waals surface area (Å²) in [6.45, 7) is 2.03. The van der Waals surface area contributed by atoms with Gasteiger partial charge in [-0.2, -0.15) is 0 Å². The topological polar surface area (TPSA) is 75.3 Å². The third-order valence-corrected chi connectivity index (χ3v) is 6.36. The molecule has 3 rings (SSSR count). The predicted octanol–water partition coefficient (Wildman–Crippen LogP) is 3.58. The molecule has 2 aromatic carbocycles. The van der Waals surface area contributed by atoms with Crippen molar-refractivity contribution in [2.45, 2.75) is 31.2 Å². The number of hydrogen-bond donors (Lipinski definition) is 2. The van der Waals surface area contributed by atoms with Crippen LogP contribution in [0.2, 0.25) is 0 Å². The van der Waals surface area contributed by atoms with Crippen LogP contribution < -0.4 is 10.0 Å². The molecule has 5 nitrogen and oxygen atoms in total. The molecule has 1 aliphatic rings. The van der Waals surface area contributed by atoms with Gasteiger partial charge >= 0.3 is 0 Å². The molecule has 0 aromatic heterocycles. The second-order valence-corrected chi connectivity index (χ2v) is 8.82. The van der Waals surface area contributed by atoms with Crippen molar-refractivity contribution < 1.29 is 13.2 Å². The first-order valence-electron chi connectivity index (χ1n) is 8.01. The Morgan fingerprint density at radius 2 is 1.84 bits per heavy atom. The first kappa shape index (κ1) is 18.1. The largest absolute Gasteiger partial charge is 0.326 e. The van der Waals surface area contributed by atoms with Crippen molar-refractivity contribution in [2.75, 3.05) is 5.32 Å². The molecule has 0 radical (unpaired) electrons. The molecule has 1 saturated carbocycles. The molecule has 0 unspecified atom stereocenters. The first-order chi connectivity index (χ1) is 11.8. The Morgan fingerprint density at radius 1 is 1.16 bits per heavy atom. The molecule has 0 spiro atoms. The number of anilines is 1. The minimum Gasteiger partial charge on any atom is -0.326 e. The molecule has 0 heterocycles. The lowest BCUT2D eigenvalue weighted by Gasteiger charge is -2.09. The fourth-order valence-electron chi connectivity index (χ4n) is 2.34. The van der Waals surface area contributed by atoms with Crippen molar-refractivity contribution in [3.63, 3.8) is 0 Å². The smallest absolute Gasteiger partial charge is 0.240 e. The minimum atomic E-state index is -3.57. The van der Waals surface area contributed by atoms with Gasteiger partial charge in [-0.1, -0.05) is 28.1 Å². The Hall–Kier alpha value is -1.70. The molecular weight excluding hydrogens is 404 g/mol. The number of sulfonamides is 1. The van der Waals surface area contributed by atoms with Crippen LogP contribution in [0.5, 0.6) is 0 Å². The monoisotopic (exact) mass is 422 g/mol. The highest BCUT2D eigenvalue weighted by molar-refractivity contribution is 9.10. The summed E-state index contributed by atoms with van der Waals surface area (Å²) in [6.07, 6.45) is 1.92. The van der Waals surface area contributed by atoms with E-state index in [2.05, 4.69) is 26.0 Å². The Bertz CT molecular complexity index is 891. The van der Waals surface area contributed by atoms with Crippen LogP contribution in [0.25, 0.3) is 0 Å². The van der Waals surface area contributed by atoms with Crippen LogP contribution in [0, 0.1) is 12.8 Å². The molecule has 0 aliphatic heterocycles. The van der Waals surface area contributed by atoms with Crippen LogP contribution in [0.3, 0.4) is 0 Å². The Labute approximate surface area is 156 Å². The van der Waals surface area contributed by atoms with Gasteiger partial charge in [-0.25, -0.2) is 13.1 Å². The third-order valence-electron chi connectivity index (χ3n) is 4.08.